The minimum Gasteiger partial charge on any atom is -0.493 e. The topological polar surface area (TPSA) is 90.3 Å². The molecule has 1 aliphatic rings. The monoisotopic (exact) mass is 493 g/mol. The summed E-state index contributed by atoms with van der Waals surface area (Å²) in [5, 5.41) is 5.86. The maximum Gasteiger partial charge on any atom is 0.350 e. The number of carbonyl (C=O) groups is 2. The lowest BCUT2D eigenvalue weighted by molar-refractivity contribution is -0.114. The van der Waals surface area contributed by atoms with E-state index in [4.69, 9.17) is 14.2 Å². The van der Waals surface area contributed by atoms with Crippen molar-refractivity contribution in [1.29, 1.82) is 0 Å². The van der Waals surface area contributed by atoms with Gasteiger partial charge in [-0.3, -0.25) is 4.79 Å². The number of aryl methyl sites for hydroxylation is 1. The van der Waals surface area contributed by atoms with E-state index in [0.717, 1.165) is 16.9 Å². The number of thiazole rings is 1. The lowest BCUT2D eigenvalue weighted by Gasteiger charge is -2.11. The Hall–Kier alpha value is -2.72. The summed E-state index contributed by atoms with van der Waals surface area (Å²) in [7, 11) is 3.10. The average molecular weight is 494 g/mol. The lowest BCUT2D eigenvalue weighted by atomic mass is 10.1. The highest BCUT2D eigenvalue weighted by molar-refractivity contribution is 9.10. The average Bonchev–Trinajstić information content (AvgIpc) is 3.22. The van der Waals surface area contributed by atoms with Gasteiger partial charge >= 0.3 is 5.97 Å². The van der Waals surface area contributed by atoms with Gasteiger partial charge in [-0.25, -0.2) is 9.78 Å². The van der Waals surface area contributed by atoms with Gasteiger partial charge in [-0.05, 0) is 60.5 Å². The van der Waals surface area contributed by atoms with Crippen LogP contribution in [0, 0.1) is 6.92 Å². The van der Waals surface area contributed by atoms with Gasteiger partial charge in [-0.15, -0.1) is 0 Å². The summed E-state index contributed by atoms with van der Waals surface area (Å²) in [5.74, 6) is 0.305. The Morgan fingerprint density at radius 2 is 2.00 bits per heavy atom. The summed E-state index contributed by atoms with van der Waals surface area (Å²) in [6, 6.07) is 3.59. The Morgan fingerprint density at radius 1 is 1.27 bits per heavy atom. The number of methoxy groups -OCH3 is 2. The van der Waals surface area contributed by atoms with Crippen LogP contribution in [0.2, 0.25) is 0 Å². The Balaban J connectivity index is 1.94. The van der Waals surface area contributed by atoms with Crippen LogP contribution in [-0.4, -0.2) is 43.4 Å². The van der Waals surface area contributed by atoms with E-state index in [-0.39, 0.29) is 12.5 Å². The van der Waals surface area contributed by atoms with Crippen LogP contribution >= 0.6 is 27.3 Å². The number of hydrogen-bond acceptors (Lipinski definition) is 8. The fraction of sp³-hybridized carbons (Fsp3) is 0.300. The molecule has 1 aromatic carbocycles. The predicted octanol–water partition coefficient (Wildman–Crippen LogP) is 4.21. The molecule has 0 spiro atoms. The zero-order valence-corrected chi connectivity index (χ0v) is 19.5. The first kappa shape index (κ1) is 22.0. The van der Waals surface area contributed by atoms with E-state index in [9.17, 15) is 9.59 Å². The summed E-state index contributed by atoms with van der Waals surface area (Å²) >= 11 is 4.53. The number of benzene rings is 1. The molecule has 0 radical (unpaired) electrons. The first-order valence-corrected chi connectivity index (χ1v) is 10.6. The molecular formula is C20H20BrN3O5S. The zero-order valence-electron chi connectivity index (χ0n) is 17.1. The van der Waals surface area contributed by atoms with Crippen molar-refractivity contribution in [3.05, 3.63) is 38.3 Å². The van der Waals surface area contributed by atoms with E-state index in [2.05, 4.69) is 26.0 Å². The van der Waals surface area contributed by atoms with Crippen LogP contribution < -0.4 is 14.5 Å². The van der Waals surface area contributed by atoms with Crippen molar-refractivity contribution in [1.82, 2.24) is 4.98 Å². The Labute approximate surface area is 186 Å². The normalized spacial score (nSPS) is 14.9. The second-order valence-electron chi connectivity index (χ2n) is 6.23. The molecule has 2 aromatic rings. The molecule has 8 nitrogen and oxygen atoms in total. The van der Waals surface area contributed by atoms with Crippen LogP contribution in [0.15, 0.2) is 27.3 Å². The summed E-state index contributed by atoms with van der Waals surface area (Å²) in [4.78, 5) is 29.8. The molecule has 0 saturated heterocycles. The molecule has 0 unspecified atom stereocenters. The number of esters is 1. The molecule has 1 aliphatic heterocycles. The smallest absolute Gasteiger partial charge is 0.350 e. The van der Waals surface area contributed by atoms with Gasteiger partial charge in [0.2, 0.25) is 5.13 Å². The third-order valence-corrected chi connectivity index (χ3v) is 5.96. The summed E-state index contributed by atoms with van der Waals surface area (Å²) < 4.78 is 16.4. The zero-order chi connectivity index (χ0) is 22.0. The Morgan fingerprint density at radius 3 is 2.63 bits per heavy atom. The molecule has 0 N–H and O–H groups in total. The van der Waals surface area contributed by atoms with Crippen molar-refractivity contribution >= 4 is 56.1 Å². The quantitative estimate of drug-likeness (QED) is 0.442. The number of nitrogens with zero attached hydrogens (tertiary/aromatic N) is 3. The maximum absolute atomic E-state index is 13.0. The van der Waals surface area contributed by atoms with Crippen molar-refractivity contribution in [3.8, 4) is 11.5 Å². The summed E-state index contributed by atoms with van der Waals surface area (Å²) in [6.07, 6.45) is 1.72. The van der Waals surface area contributed by atoms with Crippen LogP contribution in [0.25, 0.3) is 6.08 Å². The van der Waals surface area contributed by atoms with Crippen LogP contribution in [0.4, 0.5) is 5.13 Å². The fourth-order valence-corrected chi connectivity index (χ4v) is 4.39. The number of hydrogen-bond donors (Lipinski definition) is 0. The molecular weight excluding hydrogens is 474 g/mol. The van der Waals surface area contributed by atoms with Gasteiger partial charge in [-0.2, -0.15) is 10.1 Å². The van der Waals surface area contributed by atoms with Gasteiger partial charge in [0.05, 0.1) is 42.3 Å². The predicted molar refractivity (Wildman–Crippen MR) is 119 cm³/mol. The van der Waals surface area contributed by atoms with Gasteiger partial charge in [0.25, 0.3) is 5.91 Å². The van der Waals surface area contributed by atoms with Crippen LogP contribution in [0.5, 0.6) is 11.5 Å². The molecule has 0 bridgehead atoms. The molecule has 158 valence electrons. The molecule has 0 atom stereocenters. The van der Waals surface area contributed by atoms with E-state index in [1.54, 1.807) is 47.1 Å². The number of rotatable bonds is 6. The summed E-state index contributed by atoms with van der Waals surface area (Å²) in [6.45, 7) is 5.43. The number of ether oxygens (including phenoxy) is 3. The van der Waals surface area contributed by atoms with E-state index in [1.165, 1.54) is 5.01 Å². The molecule has 0 aliphatic carbocycles. The van der Waals surface area contributed by atoms with Gasteiger partial charge in [-0.1, -0.05) is 11.3 Å². The molecule has 0 fully saturated rings. The van der Waals surface area contributed by atoms with Crippen LogP contribution in [0.3, 0.4) is 0 Å². The van der Waals surface area contributed by atoms with Crippen molar-refractivity contribution < 1.29 is 23.8 Å². The van der Waals surface area contributed by atoms with E-state index in [1.807, 2.05) is 6.07 Å². The number of carbonyl (C=O) groups excluding carboxylic acids is 2. The molecule has 30 heavy (non-hydrogen) atoms. The molecule has 10 heteroatoms. The highest BCUT2D eigenvalue weighted by Gasteiger charge is 2.32. The highest BCUT2D eigenvalue weighted by Crippen LogP contribution is 2.37. The molecule has 3 rings (SSSR count). The minimum absolute atomic E-state index is 0.263. The number of halogens is 1. The maximum atomic E-state index is 13.0. The number of aromatic nitrogens is 1. The van der Waals surface area contributed by atoms with Crippen molar-refractivity contribution in [2.75, 3.05) is 25.8 Å². The molecule has 1 aromatic heterocycles. The van der Waals surface area contributed by atoms with E-state index < -0.39 is 5.97 Å². The number of anilines is 1. The van der Waals surface area contributed by atoms with E-state index in [0.29, 0.717) is 43.0 Å². The largest absolute Gasteiger partial charge is 0.493 e. The first-order chi connectivity index (χ1) is 14.3. The first-order valence-electron chi connectivity index (χ1n) is 8.98. The summed E-state index contributed by atoms with van der Waals surface area (Å²) in [5.41, 5.74) is 2.19. The lowest BCUT2D eigenvalue weighted by Crippen LogP contribution is -2.21. The number of amides is 1. The van der Waals surface area contributed by atoms with Gasteiger partial charge < -0.3 is 14.2 Å². The van der Waals surface area contributed by atoms with Crippen LogP contribution in [0.1, 0.15) is 34.8 Å². The van der Waals surface area contributed by atoms with Crippen LogP contribution in [-0.2, 0) is 9.53 Å². The highest BCUT2D eigenvalue weighted by atomic mass is 79.9. The Kier molecular flexibility index (Phi) is 6.57. The third kappa shape index (κ3) is 4.10. The third-order valence-electron chi connectivity index (χ3n) is 4.26. The van der Waals surface area contributed by atoms with Crippen molar-refractivity contribution in [2.24, 2.45) is 5.10 Å². The van der Waals surface area contributed by atoms with Crippen molar-refractivity contribution in [3.63, 3.8) is 0 Å². The van der Waals surface area contributed by atoms with E-state index >= 15 is 0 Å². The number of hydrazone groups is 1. The Bertz CT molecular complexity index is 1080. The molecule has 0 saturated carbocycles. The standard InChI is InChI=1S/C20H20BrN3O5S/c1-6-29-19(26)17-11(3)22-20(30-17)24-18(25)13(10(2)23-24)7-12-8-14(21)16(28-5)15(9-12)27-4/h7-9H,6H2,1-5H3. The second-order valence-corrected chi connectivity index (χ2v) is 8.06. The fourth-order valence-electron chi connectivity index (χ4n) is 2.86. The second kappa shape index (κ2) is 8.97. The van der Waals surface area contributed by atoms with Gasteiger partial charge in [0.1, 0.15) is 4.88 Å². The van der Waals surface area contributed by atoms with Gasteiger partial charge in [0, 0.05) is 0 Å². The molecule has 2 heterocycles. The SMILES string of the molecule is CCOC(=O)c1sc(N2N=C(C)C(=Cc3cc(Br)c(OC)c(OC)c3)C2=O)nc1C. The molecule has 1 amide bonds. The van der Waals surface area contributed by atoms with Crippen molar-refractivity contribution in [2.45, 2.75) is 20.8 Å². The minimum atomic E-state index is -0.461. The van der Waals surface area contributed by atoms with Gasteiger partial charge in [0.15, 0.2) is 11.5 Å².